The Labute approximate surface area is 123 Å². The van der Waals surface area contributed by atoms with Crippen molar-refractivity contribution in [3.05, 3.63) is 32.1 Å². The van der Waals surface area contributed by atoms with Gasteiger partial charge in [0.2, 0.25) is 0 Å². The molecule has 0 N–H and O–H groups in total. The Morgan fingerprint density at radius 3 is 2.44 bits per heavy atom. The van der Waals surface area contributed by atoms with Crippen LogP contribution in [0.3, 0.4) is 0 Å². The van der Waals surface area contributed by atoms with E-state index in [1.807, 2.05) is 25.9 Å². The molecule has 0 spiro atoms. The highest BCUT2D eigenvalue weighted by Crippen LogP contribution is 2.42. The van der Waals surface area contributed by atoms with Crippen LogP contribution >= 0.6 is 38.6 Å². The van der Waals surface area contributed by atoms with Crippen molar-refractivity contribution < 1.29 is 4.79 Å². The lowest BCUT2D eigenvalue weighted by Gasteiger charge is -2.02. The largest absolute Gasteiger partial charge is 0.383 e. The molecule has 2 aromatic rings. The lowest BCUT2D eigenvalue weighted by atomic mass is 10.1. The van der Waals surface area contributed by atoms with Gasteiger partial charge < -0.3 is 4.90 Å². The number of allylic oxidation sites excluding steroid dienone is 1. The van der Waals surface area contributed by atoms with Crippen LogP contribution in [-0.4, -0.2) is 24.8 Å². The van der Waals surface area contributed by atoms with Crippen molar-refractivity contribution in [1.82, 2.24) is 4.90 Å². The van der Waals surface area contributed by atoms with Crippen molar-refractivity contribution in [2.24, 2.45) is 0 Å². The van der Waals surface area contributed by atoms with Crippen molar-refractivity contribution in [2.75, 3.05) is 14.1 Å². The number of hydrogen-bond donors (Lipinski definition) is 0. The minimum absolute atomic E-state index is 0.0881. The summed E-state index contributed by atoms with van der Waals surface area (Å²) in [7, 11) is 3.82. The van der Waals surface area contributed by atoms with E-state index in [0.29, 0.717) is 0 Å². The van der Waals surface area contributed by atoms with Crippen LogP contribution in [-0.2, 0) is 0 Å². The summed E-state index contributed by atoms with van der Waals surface area (Å²) in [5.41, 5.74) is 2.34. The van der Waals surface area contributed by atoms with Gasteiger partial charge in [-0.3, -0.25) is 4.79 Å². The Balaban J connectivity index is 2.47. The van der Waals surface area contributed by atoms with Crippen molar-refractivity contribution in [3.63, 3.8) is 0 Å². The molecule has 96 valence electrons. The number of carbonyl (C=O) groups is 1. The molecule has 0 aromatic carbocycles. The summed E-state index contributed by atoms with van der Waals surface area (Å²) in [6, 6.07) is 0. The van der Waals surface area contributed by atoms with Crippen molar-refractivity contribution >= 4 is 53.8 Å². The lowest BCUT2D eigenvalue weighted by molar-refractivity contribution is 0.104. The Morgan fingerprint density at radius 1 is 1.22 bits per heavy atom. The molecule has 0 aliphatic rings. The smallest absolute Gasteiger partial charge is 0.197 e. The second-order valence-corrected chi connectivity index (χ2v) is 7.98. The number of thiophene rings is 2. The summed E-state index contributed by atoms with van der Waals surface area (Å²) in [4.78, 5) is 14.8. The van der Waals surface area contributed by atoms with Crippen molar-refractivity contribution in [3.8, 4) is 0 Å². The summed E-state index contributed by atoms with van der Waals surface area (Å²) < 4.78 is 2.38. The molecule has 0 fully saturated rings. The highest BCUT2D eigenvalue weighted by molar-refractivity contribution is 9.11. The number of hydrogen-bond acceptors (Lipinski definition) is 4. The fourth-order valence-electron chi connectivity index (χ4n) is 1.78. The zero-order valence-corrected chi connectivity index (χ0v) is 13.9. The topological polar surface area (TPSA) is 20.3 Å². The molecule has 0 atom stereocenters. The highest BCUT2D eigenvalue weighted by Gasteiger charge is 2.18. The SMILES string of the molecule is Cc1c(Br)sc2sc(C(=O)C=CN(C)C)c(C)c12. The Hall–Kier alpha value is -0.650. The maximum atomic E-state index is 12.1. The van der Waals surface area contributed by atoms with Crippen LogP contribution in [0, 0.1) is 13.8 Å². The third kappa shape index (κ3) is 2.39. The van der Waals surface area contributed by atoms with Gasteiger partial charge in [0, 0.05) is 31.8 Å². The van der Waals surface area contributed by atoms with E-state index in [9.17, 15) is 4.79 Å². The Bertz CT molecular complexity index is 637. The summed E-state index contributed by atoms with van der Waals surface area (Å²) in [6.45, 7) is 4.12. The van der Waals surface area contributed by atoms with E-state index in [0.717, 1.165) is 14.2 Å². The molecule has 0 radical (unpaired) electrons. The van der Waals surface area contributed by atoms with Gasteiger partial charge in [-0.05, 0) is 40.9 Å². The fourth-order valence-corrected chi connectivity index (χ4v) is 5.29. The van der Waals surface area contributed by atoms with Gasteiger partial charge in [-0.2, -0.15) is 0 Å². The van der Waals surface area contributed by atoms with Gasteiger partial charge in [0.05, 0.1) is 12.7 Å². The minimum Gasteiger partial charge on any atom is -0.383 e. The predicted molar refractivity (Wildman–Crippen MR) is 84.0 cm³/mol. The van der Waals surface area contributed by atoms with Crippen molar-refractivity contribution in [1.29, 1.82) is 0 Å². The van der Waals surface area contributed by atoms with Gasteiger partial charge in [-0.25, -0.2) is 0 Å². The molecule has 0 aliphatic carbocycles. The first-order valence-electron chi connectivity index (χ1n) is 5.48. The molecule has 0 aliphatic heterocycles. The maximum Gasteiger partial charge on any atom is 0.197 e. The first-order chi connectivity index (χ1) is 8.41. The molecule has 2 heterocycles. The first-order valence-corrected chi connectivity index (χ1v) is 7.91. The van der Waals surface area contributed by atoms with E-state index in [1.54, 1.807) is 34.9 Å². The van der Waals surface area contributed by atoms with Gasteiger partial charge in [0.1, 0.15) is 0 Å². The average molecular weight is 344 g/mol. The monoisotopic (exact) mass is 343 g/mol. The molecule has 2 aromatic heterocycles. The second-order valence-electron chi connectivity index (χ2n) is 4.36. The van der Waals surface area contributed by atoms with Crippen molar-refractivity contribution in [2.45, 2.75) is 13.8 Å². The molecule has 0 amide bonds. The lowest BCUT2D eigenvalue weighted by Crippen LogP contribution is -2.02. The number of halogens is 1. The van der Waals surface area contributed by atoms with Crippen LogP contribution in [0.5, 0.6) is 0 Å². The minimum atomic E-state index is 0.0881. The molecular formula is C13H14BrNOS2. The number of fused-ring (bicyclic) bond motifs is 1. The van der Waals surface area contributed by atoms with Gasteiger partial charge in [-0.1, -0.05) is 0 Å². The van der Waals surface area contributed by atoms with E-state index in [1.165, 1.54) is 15.0 Å². The molecule has 2 rings (SSSR count). The Morgan fingerprint density at radius 2 is 1.89 bits per heavy atom. The fraction of sp³-hybridized carbons (Fsp3) is 0.308. The summed E-state index contributed by atoms with van der Waals surface area (Å²) >= 11 is 6.84. The van der Waals surface area contributed by atoms with E-state index in [-0.39, 0.29) is 5.78 Å². The van der Waals surface area contributed by atoms with Crippen LogP contribution in [0.25, 0.3) is 9.40 Å². The first kappa shape index (κ1) is 13.8. The highest BCUT2D eigenvalue weighted by atomic mass is 79.9. The standard InChI is InChI=1S/C13H14BrNOS2/c1-7-10-8(2)12(14)18-13(10)17-11(7)9(16)5-6-15(3)4/h5-6H,1-4H3. The Kier molecular flexibility index (Phi) is 3.94. The third-order valence-corrected chi connectivity index (χ3v) is 6.27. The van der Waals surface area contributed by atoms with Crippen LogP contribution < -0.4 is 0 Å². The van der Waals surface area contributed by atoms with E-state index in [4.69, 9.17) is 0 Å². The van der Waals surface area contributed by atoms with Gasteiger partial charge in [-0.15, -0.1) is 22.7 Å². The van der Waals surface area contributed by atoms with E-state index in [2.05, 4.69) is 22.9 Å². The molecule has 0 unspecified atom stereocenters. The molecular weight excluding hydrogens is 330 g/mol. The molecule has 2 nitrogen and oxygen atoms in total. The summed E-state index contributed by atoms with van der Waals surface area (Å²) in [6.07, 6.45) is 3.42. The van der Waals surface area contributed by atoms with Gasteiger partial charge >= 0.3 is 0 Å². The van der Waals surface area contributed by atoms with E-state index < -0.39 is 0 Å². The van der Waals surface area contributed by atoms with Crippen LogP contribution in [0.15, 0.2) is 16.1 Å². The molecule has 0 saturated carbocycles. The van der Waals surface area contributed by atoms with Gasteiger partial charge in [0.25, 0.3) is 0 Å². The number of ketones is 1. The van der Waals surface area contributed by atoms with Crippen LogP contribution in [0.2, 0.25) is 0 Å². The zero-order chi connectivity index (χ0) is 13.4. The molecule has 0 saturated heterocycles. The van der Waals surface area contributed by atoms with Crippen LogP contribution in [0.1, 0.15) is 20.8 Å². The zero-order valence-electron chi connectivity index (χ0n) is 10.7. The predicted octanol–water partition coefficient (Wildman–Crippen LogP) is 4.60. The van der Waals surface area contributed by atoms with Crippen LogP contribution in [0.4, 0.5) is 0 Å². The molecule has 5 heteroatoms. The number of aryl methyl sites for hydroxylation is 2. The average Bonchev–Trinajstić information content (AvgIpc) is 2.75. The molecule has 18 heavy (non-hydrogen) atoms. The molecule has 0 bridgehead atoms. The number of nitrogens with zero attached hydrogens (tertiary/aromatic N) is 1. The quantitative estimate of drug-likeness (QED) is 0.599. The normalized spacial score (nSPS) is 11.6. The number of carbonyl (C=O) groups excluding carboxylic acids is 1. The summed E-state index contributed by atoms with van der Waals surface area (Å²) in [5.74, 6) is 0.0881. The maximum absolute atomic E-state index is 12.1. The number of rotatable bonds is 3. The second kappa shape index (κ2) is 5.15. The van der Waals surface area contributed by atoms with Gasteiger partial charge in [0.15, 0.2) is 5.78 Å². The van der Waals surface area contributed by atoms with E-state index >= 15 is 0 Å². The summed E-state index contributed by atoms with van der Waals surface area (Å²) in [5, 5.41) is 1.23. The third-order valence-electron chi connectivity index (χ3n) is 2.71.